The van der Waals surface area contributed by atoms with Crippen LogP contribution >= 0.6 is 24.2 Å². The molecule has 0 saturated heterocycles. The van der Waals surface area contributed by atoms with Crippen LogP contribution in [-0.4, -0.2) is 54.2 Å². The van der Waals surface area contributed by atoms with Crippen molar-refractivity contribution < 1.29 is 9.47 Å². The minimum absolute atomic E-state index is 0.0582. The molecule has 0 radical (unpaired) electrons. The number of halogens is 1. The van der Waals surface area contributed by atoms with Crippen LogP contribution < -0.4 is 15.0 Å². The minimum Gasteiger partial charge on any atom is -0.486 e. The Kier molecular flexibility index (Phi) is 10.8. The third-order valence-corrected chi connectivity index (χ3v) is 4.77. The second-order valence-corrected chi connectivity index (χ2v) is 8.94. The summed E-state index contributed by atoms with van der Waals surface area (Å²) in [4.78, 5) is 19.5. The number of ether oxygens (including phenoxy) is 2. The summed E-state index contributed by atoms with van der Waals surface area (Å²) in [5.41, 5.74) is 1.88. The Morgan fingerprint density at radius 3 is 2.55 bits per heavy atom. The maximum absolute atomic E-state index is 12.8. The van der Waals surface area contributed by atoms with Crippen LogP contribution in [-0.2, 0) is 0 Å². The average molecular weight is 490 g/mol. The molecule has 1 atom stereocenters. The fourth-order valence-corrected chi connectivity index (χ4v) is 3.10. The van der Waals surface area contributed by atoms with Crippen LogP contribution in [0.15, 0.2) is 64.1 Å². The van der Waals surface area contributed by atoms with E-state index in [0.29, 0.717) is 36.1 Å². The maximum Gasteiger partial charge on any atom is 0.271 e. The first kappa shape index (κ1) is 26.8. The van der Waals surface area contributed by atoms with Gasteiger partial charge in [-0.25, -0.2) is 4.98 Å². The molecule has 8 heteroatoms. The highest BCUT2D eigenvalue weighted by molar-refractivity contribution is 7.80. The van der Waals surface area contributed by atoms with Crippen LogP contribution in [0, 0.1) is 0 Å². The number of rotatable bonds is 6. The fraction of sp³-hybridized carbons (Fsp3) is 0.360. The maximum atomic E-state index is 12.8. The topological polar surface area (TPSA) is 56.6 Å². The molecule has 1 aliphatic heterocycles. The second-order valence-electron chi connectivity index (χ2n) is 7.81. The zero-order valence-electron chi connectivity index (χ0n) is 19.8. The van der Waals surface area contributed by atoms with Gasteiger partial charge in [-0.1, -0.05) is 31.2 Å². The van der Waals surface area contributed by atoms with Gasteiger partial charge in [0.1, 0.15) is 19.5 Å². The molecular weight excluding hydrogens is 458 g/mol. The molecule has 0 saturated carbocycles. The standard InChI is InChI=1S/C22H23ClN2O3S.C3H9N/c1-3-4-16(6-5-15(2)23)7-9-18-21(29)22(26)25(14-24-18)17-8-10-19-20(13-17)28-12-11-27-19;1-4(2)3/h4-10,13-15,29H,3,11-12H2,1-2H3;1-3H3/b6-5-,9-7+,16-4+;. The number of hydrogen-bond acceptors (Lipinski definition) is 6. The van der Waals surface area contributed by atoms with E-state index in [0.717, 1.165) is 12.0 Å². The lowest BCUT2D eigenvalue weighted by molar-refractivity contribution is 0.171. The van der Waals surface area contributed by atoms with E-state index in [9.17, 15) is 4.79 Å². The molecule has 0 amide bonds. The van der Waals surface area contributed by atoms with Crippen molar-refractivity contribution in [1.82, 2.24) is 14.5 Å². The summed E-state index contributed by atoms with van der Waals surface area (Å²) in [6.45, 7) is 4.96. The normalized spacial score (nSPS) is 14.5. The molecule has 33 heavy (non-hydrogen) atoms. The molecule has 6 nitrogen and oxygen atoms in total. The van der Waals surface area contributed by atoms with Gasteiger partial charge in [-0.05, 0) is 58.3 Å². The SMILES string of the molecule is CC/C=C(\C=C/C(C)Cl)/C=C/c1ncn(-c2ccc3c(c2)OCCO3)c(=O)c1S.CN(C)C. The molecule has 3 rings (SSSR count). The van der Waals surface area contributed by atoms with Gasteiger partial charge in [0.15, 0.2) is 11.5 Å². The summed E-state index contributed by atoms with van der Waals surface area (Å²) in [5, 5.41) is -0.0582. The molecule has 2 aromatic rings. The van der Waals surface area contributed by atoms with E-state index < -0.39 is 0 Å². The van der Waals surface area contributed by atoms with Crippen LogP contribution in [0.4, 0.5) is 0 Å². The first-order chi connectivity index (χ1) is 15.7. The molecule has 0 fully saturated rings. The molecule has 1 aliphatic rings. The van der Waals surface area contributed by atoms with Crippen LogP contribution in [0.2, 0.25) is 0 Å². The Labute approximate surface area is 206 Å². The van der Waals surface area contributed by atoms with Gasteiger partial charge >= 0.3 is 0 Å². The van der Waals surface area contributed by atoms with E-state index in [1.165, 1.54) is 10.9 Å². The number of hydrogen-bond donors (Lipinski definition) is 1. The zero-order valence-corrected chi connectivity index (χ0v) is 21.4. The van der Waals surface area contributed by atoms with Crippen LogP contribution in [0.25, 0.3) is 11.8 Å². The predicted molar refractivity (Wildman–Crippen MR) is 140 cm³/mol. The Hall–Kier alpha value is -2.48. The van der Waals surface area contributed by atoms with Crippen LogP contribution in [0.1, 0.15) is 26.0 Å². The first-order valence-electron chi connectivity index (χ1n) is 10.7. The van der Waals surface area contributed by atoms with E-state index in [-0.39, 0.29) is 15.8 Å². The van der Waals surface area contributed by atoms with Crippen molar-refractivity contribution in [3.63, 3.8) is 0 Å². The van der Waals surface area contributed by atoms with Gasteiger partial charge in [-0.2, -0.15) is 0 Å². The third kappa shape index (κ3) is 8.42. The summed E-state index contributed by atoms with van der Waals surface area (Å²) in [6, 6.07) is 5.34. The summed E-state index contributed by atoms with van der Waals surface area (Å²) < 4.78 is 12.6. The first-order valence-corrected chi connectivity index (χ1v) is 11.6. The van der Waals surface area contributed by atoms with Crippen molar-refractivity contribution in [3.05, 3.63) is 70.5 Å². The molecular formula is C25H32ClN3O3S. The highest BCUT2D eigenvalue weighted by Gasteiger charge is 2.14. The zero-order chi connectivity index (χ0) is 24.4. The van der Waals surface area contributed by atoms with Crippen molar-refractivity contribution in [2.45, 2.75) is 30.5 Å². The number of benzene rings is 1. The predicted octanol–water partition coefficient (Wildman–Crippen LogP) is 5.00. The Balaban J connectivity index is 0.000000890. The van der Waals surface area contributed by atoms with Gasteiger partial charge < -0.3 is 14.4 Å². The lowest BCUT2D eigenvalue weighted by Gasteiger charge is -2.19. The molecule has 0 N–H and O–H groups in total. The summed E-state index contributed by atoms with van der Waals surface area (Å²) >= 11 is 10.4. The number of aromatic nitrogens is 2. The largest absolute Gasteiger partial charge is 0.486 e. The molecule has 2 heterocycles. The second kappa shape index (κ2) is 13.3. The van der Waals surface area contributed by atoms with Crippen molar-refractivity contribution in [1.29, 1.82) is 0 Å². The Bertz CT molecular complexity index is 1070. The highest BCUT2D eigenvalue weighted by Crippen LogP contribution is 2.31. The molecule has 178 valence electrons. The molecule has 1 aromatic carbocycles. The molecule has 1 aromatic heterocycles. The van der Waals surface area contributed by atoms with Gasteiger partial charge in [0.2, 0.25) is 0 Å². The van der Waals surface area contributed by atoms with E-state index in [1.807, 2.05) is 51.2 Å². The minimum atomic E-state index is -0.259. The number of fused-ring (bicyclic) bond motifs is 1. The monoisotopic (exact) mass is 489 g/mol. The van der Waals surface area contributed by atoms with Crippen molar-refractivity contribution in [2.24, 2.45) is 0 Å². The van der Waals surface area contributed by atoms with Crippen molar-refractivity contribution >= 4 is 30.3 Å². The van der Waals surface area contributed by atoms with Gasteiger partial charge in [-0.15, -0.1) is 24.2 Å². The molecule has 0 aliphatic carbocycles. The number of allylic oxidation sites excluding steroid dienone is 5. The molecule has 0 bridgehead atoms. The third-order valence-electron chi connectivity index (χ3n) is 4.21. The molecule has 1 unspecified atom stereocenters. The van der Waals surface area contributed by atoms with Crippen LogP contribution in [0.5, 0.6) is 11.5 Å². The average Bonchev–Trinajstić information content (AvgIpc) is 2.77. The summed E-state index contributed by atoms with van der Waals surface area (Å²) in [7, 11) is 6.00. The van der Waals surface area contributed by atoms with E-state index in [1.54, 1.807) is 24.3 Å². The number of nitrogens with zero attached hydrogens (tertiary/aromatic N) is 3. The van der Waals surface area contributed by atoms with E-state index in [2.05, 4.69) is 30.6 Å². The summed E-state index contributed by atoms with van der Waals surface area (Å²) in [6.07, 6.45) is 12.0. The van der Waals surface area contributed by atoms with Gasteiger partial charge in [0, 0.05) is 11.4 Å². The smallest absolute Gasteiger partial charge is 0.271 e. The van der Waals surface area contributed by atoms with E-state index in [4.69, 9.17) is 21.1 Å². The number of thiol groups is 1. The van der Waals surface area contributed by atoms with Crippen molar-refractivity contribution in [2.75, 3.05) is 34.4 Å². The Morgan fingerprint density at radius 1 is 1.24 bits per heavy atom. The lowest BCUT2D eigenvalue weighted by atomic mass is 10.1. The quantitative estimate of drug-likeness (QED) is 0.351. The van der Waals surface area contributed by atoms with Gasteiger partial charge in [-0.3, -0.25) is 9.36 Å². The Morgan fingerprint density at radius 2 is 1.91 bits per heavy atom. The summed E-state index contributed by atoms with van der Waals surface area (Å²) in [5.74, 6) is 1.28. The van der Waals surface area contributed by atoms with Gasteiger partial charge in [0.25, 0.3) is 5.56 Å². The van der Waals surface area contributed by atoms with Crippen LogP contribution in [0.3, 0.4) is 0 Å². The fourth-order valence-electron chi connectivity index (χ4n) is 2.79. The lowest BCUT2D eigenvalue weighted by Crippen LogP contribution is -2.21. The van der Waals surface area contributed by atoms with Crippen molar-refractivity contribution in [3.8, 4) is 17.2 Å². The van der Waals surface area contributed by atoms with E-state index >= 15 is 0 Å². The van der Waals surface area contributed by atoms with Gasteiger partial charge in [0.05, 0.1) is 16.3 Å². The molecule has 0 spiro atoms. The number of alkyl halides is 1. The highest BCUT2D eigenvalue weighted by atomic mass is 35.5.